The van der Waals surface area contributed by atoms with Gasteiger partial charge in [0.1, 0.15) is 5.75 Å². The number of phenolic OH excluding ortho intramolecular Hbond substituents is 1. The number of carbonyl (C=O) groups excluding carboxylic acids is 1. The van der Waals surface area contributed by atoms with E-state index in [1.165, 1.54) is 0 Å². The van der Waals surface area contributed by atoms with Gasteiger partial charge in [-0.3, -0.25) is 4.79 Å². The first-order chi connectivity index (χ1) is 9.63. The van der Waals surface area contributed by atoms with E-state index in [1.807, 2.05) is 12.1 Å². The van der Waals surface area contributed by atoms with Gasteiger partial charge in [-0.15, -0.1) is 0 Å². The van der Waals surface area contributed by atoms with E-state index in [2.05, 4.69) is 0 Å². The van der Waals surface area contributed by atoms with Gasteiger partial charge in [-0.2, -0.15) is 0 Å². The van der Waals surface area contributed by atoms with E-state index >= 15 is 0 Å². The Morgan fingerprint density at radius 2 is 1.85 bits per heavy atom. The third-order valence-corrected chi connectivity index (χ3v) is 3.26. The molecule has 3 nitrogen and oxygen atoms in total. The van der Waals surface area contributed by atoms with Crippen LogP contribution in [0.4, 0.5) is 0 Å². The highest BCUT2D eigenvalue weighted by molar-refractivity contribution is 6.10. The molecule has 0 saturated heterocycles. The van der Waals surface area contributed by atoms with Crippen molar-refractivity contribution in [2.75, 3.05) is 6.61 Å². The number of aliphatic hydroxyl groups is 1. The molecule has 0 aromatic heterocycles. The van der Waals surface area contributed by atoms with Gasteiger partial charge < -0.3 is 10.2 Å². The molecule has 0 aliphatic rings. The predicted molar refractivity (Wildman–Crippen MR) is 78.1 cm³/mol. The highest BCUT2D eigenvalue weighted by Crippen LogP contribution is 2.27. The number of aryl methyl sites for hydroxylation is 2. The lowest BCUT2D eigenvalue weighted by Gasteiger charge is -2.10. The third kappa shape index (κ3) is 3.06. The quantitative estimate of drug-likeness (QED) is 0.821. The maximum Gasteiger partial charge on any atom is 0.196 e. The predicted octanol–water partition coefficient (Wildman–Crippen LogP) is 2.86. The molecule has 0 amide bonds. The smallest absolute Gasteiger partial charge is 0.196 e. The highest BCUT2D eigenvalue weighted by atomic mass is 16.3. The highest BCUT2D eigenvalue weighted by Gasteiger charge is 2.16. The van der Waals surface area contributed by atoms with Crippen molar-refractivity contribution in [3.8, 4) is 5.75 Å². The van der Waals surface area contributed by atoms with E-state index in [1.54, 1.807) is 37.3 Å². The Morgan fingerprint density at radius 3 is 2.50 bits per heavy atom. The number of rotatable bonds is 5. The molecule has 0 radical (unpaired) electrons. The fourth-order valence-corrected chi connectivity index (χ4v) is 2.20. The molecule has 0 aliphatic heterocycles. The van der Waals surface area contributed by atoms with Crippen LogP contribution in [0.1, 0.15) is 33.5 Å². The lowest BCUT2D eigenvalue weighted by atomic mass is 9.96. The van der Waals surface area contributed by atoms with Crippen LogP contribution in [0.3, 0.4) is 0 Å². The number of hydrogen-bond donors (Lipinski definition) is 2. The van der Waals surface area contributed by atoms with Crippen LogP contribution < -0.4 is 0 Å². The fourth-order valence-electron chi connectivity index (χ4n) is 2.20. The number of aliphatic hydroxyl groups excluding tert-OH is 1. The van der Waals surface area contributed by atoms with Gasteiger partial charge in [0.25, 0.3) is 0 Å². The van der Waals surface area contributed by atoms with Crippen LogP contribution in [0.15, 0.2) is 42.5 Å². The van der Waals surface area contributed by atoms with Crippen molar-refractivity contribution in [1.82, 2.24) is 0 Å². The zero-order valence-corrected chi connectivity index (χ0v) is 11.5. The second-order valence-electron chi connectivity index (χ2n) is 4.83. The Bertz CT molecular complexity index is 603. The molecule has 2 aromatic rings. The average molecular weight is 270 g/mol. The van der Waals surface area contributed by atoms with Gasteiger partial charge >= 0.3 is 0 Å². The average Bonchev–Trinajstić information content (AvgIpc) is 2.48. The van der Waals surface area contributed by atoms with Crippen molar-refractivity contribution in [3.05, 3.63) is 64.7 Å². The van der Waals surface area contributed by atoms with Gasteiger partial charge in [-0.05, 0) is 37.0 Å². The van der Waals surface area contributed by atoms with Crippen LogP contribution in [0.2, 0.25) is 0 Å². The zero-order chi connectivity index (χ0) is 14.5. The minimum absolute atomic E-state index is 0.0339. The first kappa shape index (κ1) is 14.3. The first-order valence-electron chi connectivity index (χ1n) is 6.66. The molecule has 0 fully saturated rings. The number of carbonyl (C=O) groups is 1. The van der Waals surface area contributed by atoms with E-state index in [4.69, 9.17) is 5.11 Å². The molecule has 0 bridgehead atoms. The number of ketones is 1. The van der Waals surface area contributed by atoms with Crippen LogP contribution in [-0.2, 0) is 6.42 Å². The van der Waals surface area contributed by atoms with Crippen molar-refractivity contribution in [2.24, 2.45) is 0 Å². The summed E-state index contributed by atoms with van der Waals surface area (Å²) < 4.78 is 0. The molecule has 20 heavy (non-hydrogen) atoms. The normalized spacial score (nSPS) is 10.5. The van der Waals surface area contributed by atoms with Gasteiger partial charge in [0.2, 0.25) is 0 Å². The third-order valence-electron chi connectivity index (χ3n) is 3.26. The molecule has 2 aromatic carbocycles. The summed E-state index contributed by atoms with van der Waals surface area (Å²) in [5.41, 5.74) is 2.51. The molecule has 0 heterocycles. The number of benzene rings is 2. The molecule has 2 N–H and O–H groups in total. The van der Waals surface area contributed by atoms with Crippen LogP contribution >= 0.6 is 0 Å². The number of phenols is 1. The summed E-state index contributed by atoms with van der Waals surface area (Å²) in [6.07, 6.45) is 1.33. The molecule has 0 atom stereocenters. The minimum atomic E-state index is -0.183. The standard InChI is InChI=1S/C17H18O3/c1-12-10-13(6-5-9-18)11-15(16(12)19)17(20)14-7-3-2-4-8-14/h2-4,7-8,10-11,18-19H,5-6,9H2,1H3. The largest absolute Gasteiger partial charge is 0.507 e. The Hall–Kier alpha value is -2.13. The monoisotopic (exact) mass is 270 g/mol. The Morgan fingerprint density at radius 1 is 1.15 bits per heavy atom. The van der Waals surface area contributed by atoms with E-state index < -0.39 is 0 Å². The Balaban J connectivity index is 2.40. The summed E-state index contributed by atoms with van der Waals surface area (Å²) in [5.74, 6) is -0.149. The Labute approximate surface area is 118 Å². The van der Waals surface area contributed by atoms with Gasteiger partial charge in [-0.1, -0.05) is 36.4 Å². The van der Waals surface area contributed by atoms with Gasteiger partial charge in [0.15, 0.2) is 5.78 Å². The maximum absolute atomic E-state index is 12.4. The molecule has 0 saturated carbocycles. The number of aromatic hydroxyl groups is 1. The van der Waals surface area contributed by atoms with Crippen molar-refractivity contribution in [3.63, 3.8) is 0 Å². The summed E-state index contributed by atoms with van der Waals surface area (Å²) in [6, 6.07) is 12.5. The summed E-state index contributed by atoms with van der Waals surface area (Å²) in [6.45, 7) is 1.89. The van der Waals surface area contributed by atoms with Crippen molar-refractivity contribution in [1.29, 1.82) is 0 Å². The van der Waals surface area contributed by atoms with Gasteiger partial charge in [0.05, 0.1) is 5.56 Å². The number of hydrogen-bond acceptors (Lipinski definition) is 3. The first-order valence-corrected chi connectivity index (χ1v) is 6.66. The summed E-state index contributed by atoms with van der Waals surface area (Å²) in [5, 5.41) is 19.0. The molecule has 0 aliphatic carbocycles. The maximum atomic E-state index is 12.4. The second kappa shape index (κ2) is 6.35. The van der Waals surface area contributed by atoms with Crippen molar-refractivity contribution >= 4 is 5.78 Å². The second-order valence-corrected chi connectivity index (χ2v) is 4.83. The minimum Gasteiger partial charge on any atom is -0.507 e. The lowest BCUT2D eigenvalue weighted by Crippen LogP contribution is -2.04. The molecule has 3 heteroatoms. The molecular weight excluding hydrogens is 252 g/mol. The van der Waals surface area contributed by atoms with E-state index in [0.717, 1.165) is 5.56 Å². The molecule has 104 valence electrons. The van der Waals surface area contributed by atoms with E-state index in [9.17, 15) is 9.90 Å². The fraction of sp³-hybridized carbons (Fsp3) is 0.235. The van der Waals surface area contributed by atoms with E-state index in [0.29, 0.717) is 29.5 Å². The molecule has 0 spiro atoms. The lowest BCUT2D eigenvalue weighted by molar-refractivity contribution is 0.103. The zero-order valence-electron chi connectivity index (χ0n) is 11.5. The molecular formula is C17H18O3. The molecule has 0 unspecified atom stereocenters. The van der Waals surface area contributed by atoms with Gasteiger partial charge in [-0.25, -0.2) is 0 Å². The Kier molecular flexibility index (Phi) is 4.53. The van der Waals surface area contributed by atoms with Crippen LogP contribution in [0.25, 0.3) is 0 Å². The van der Waals surface area contributed by atoms with Crippen LogP contribution in [-0.4, -0.2) is 22.6 Å². The van der Waals surface area contributed by atoms with Crippen molar-refractivity contribution < 1.29 is 15.0 Å². The van der Waals surface area contributed by atoms with Crippen LogP contribution in [0, 0.1) is 6.92 Å². The topological polar surface area (TPSA) is 57.5 Å². The summed E-state index contributed by atoms with van der Waals surface area (Å²) in [4.78, 5) is 12.4. The summed E-state index contributed by atoms with van der Waals surface area (Å²) >= 11 is 0. The van der Waals surface area contributed by atoms with Crippen LogP contribution in [0.5, 0.6) is 5.75 Å². The van der Waals surface area contributed by atoms with Gasteiger partial charge in [0, 0.05) is 12.2 Å². The summed E-state index contributed by atoms with van der Waals surface area (Å²) in [7, 11) is 0. The van der Waals surface area contributed by atoms with E-state index in [-0.39, 0.29) is 18.1 Å². The SMILES string of the molecule is Cc1cc(CCCO)cc(C(=O)c2ccccc2)c1O. The van der Waals surface area contributed by atoms with Crippen molar-refractivity contribution in [2.45, 2.75) is 19.8 Å². The molecule has 2 rings (SSSR count).